The first kappa shape index (κ1) is 22.3. The van der Waals surface area contributed by atoms with Crippen LogP contribution < -0.4 is 16.4 Å². The minimum Gasteiger partial charge on any atom is -0.506 e. The average molecular weight is 460 g/mol. The SMILES string of the molecule is Cc1c(N[C@H]2CC[C@H](N)CC2)nn2ccnc2c1Nc1ccc(S(=O)(=O)N(C)C)c(O)c1. The molecule has 3 aromatic rings. The van der Waals surface area contributed by atoms with E-state index in [1.165, 1.54) is 26.2 Å². The maximum absolute atomic E-state index is 12.4. The van der Waals surface area contributed by atoms with Crippen molar-refractivity contribution in [2.75, 3.05) is 24.7 Å². The molecule has 0 bridgehead atoms. The van der Waals surface area contributed by atoms with Crippen molar-refractivity contribution in [3.63, 3.8) is 0 Å². The van der Waals surface area contributed by atoms with Crippen LogP contribution in [0.4, 0.5) is 17.2 Å². The molecule has 0 unspecified atom stereocenters. The van der Waals surface area contributed by atoms with Crippen molar-refractivity contribution in [3.05, 3.63) is 36.2 Å². The molecule has 1 aliphatic carbocycles. The van der Waals surface area contributed by atoms with Gasteiger partial charge in [-0.15, -0.1) is 5.10 Å². The number of nitrogens with two attached hydrogens (primary N) is 1. The minimum absolute atomic E-state index is 0.150. The van der Waals surface area contributed by atoms with Crippen LogP contribution in [-0.2, 0) is 10.0 Å². The maximum atomic E-state index is 12.4. The maximum Gasteiger partial charge on any atom is 0.246 e. The number of aromatic hydroxyl groups is 1. The molecule has 4 rings (SSSR count). The van der Waals surface area contributed by atoms with Crippen LogP contribution in [0.5, 0.6) is 5.75 Å². The van der Waals surface area contributed by atoms with E-state index in [1.807, 2.05) is 6.92 Å². The molecule has 0 aliphatic heterocycles. The number of anilines is 3. The lowest BCUT2D eigenvalue weighted by atomic mass is 9.92. The molecule has 32 heavy (non-hydrogen) atoms. The van der Waals surface area contributed by atoms with E-state index in [0.717, 1.165) is 47.1 Å². The fourth-order valence-corrected chi connectivity index (χ4v) is 4.88. The Morgan fingerprint density at radius 2 is 1.94 bits per heavy atom. The number of hydrogen-bond acceptors (Lipinski definition) is 8. The third-order valence-electron chi connectivity index (χ3n) is 5.88. The number of phenolic OH excluding ortho intramolecular Hbond substituents is 1. The second-order valence-electron chi connectivity index (χ2n) is 8.39. The molecule has 0 atom stereocenters. The predicted molar refractivity (Wildman–Crippen MR) is 124 cm³/mol. The molecule has 0 saturated heterocycles. The summed E-state index contributed by atoms with van der Waals surface area (Å²) in [5.74, 6) is 0.418. The first-order valence-electron chi connectivity index (χ1n) is 10.6. The Hall–Kier alpha value is -2.89. The predicted octanol–water partition coefficient (Wildman–Crippen LogP) is 2.42. The minimum atomic E-state index is -3.75. The second-order valence-corrected chi connectivity index (χ2v) is 10.5. The van der Waals surface area contributed by atoms with Gasteiger partial charge in [0.1, 0.15) is 10.6 Å². The fraction of sp³-hybridized carbons (Fsp3) is 0.429. The van der Waals surface area contributed by atoms with E-state index in [2.05, 4.69) is 20.7 Å². The van der Waals surface area contributed by atoms with Crippen LogP contribution in [0.1, 0.15) is 31.2 Å². The summed E-state index contributed by atoms with van der Waals surface area (Å²) in [6.45, 7) is 1.95. The molecule has 2 heterocycles. The quantitative estimate of drug-likeness (QED) is 0.441. The van der Waals surface area contributed by atoms with Crippen LogP contribution >= 0.6 is 0 Å². The lowest BCUT2D eigenvalue weighted by Crippen LogP contribution is -2.33. The van der Waals surface area contributed by atoms with Crippen molar-refractivity contribution in [1.82, 2.24) is 18.9 Å². The zero-order chi connectivity index (χ0) is 23.0. The van der Waals surface area contributed by atoms with Crippen LogP contribution in [-0.4, -0.2) is 58.6 Å². The Labute approximate surface area is 187 Å². The third kappa shape index (κ3) is 4.23. The Kier molecular flexibility index (Phi) is 5.97. The first-order valence-corrected chi connectivity index (χ1v) is 12.0. The molecule has 10 nitrogen and oxygen atoms in total. The van der Waals surface area contributed by atoms with Gasteiger partial charge in [-0.25, -0.2) is 22.2 Å². The first-order chi connectivity index (χ1) is 15.2. The zero-order valence-corrected chi connectivity index (χ0v) is 19.2. The van der Waals surface area contributed by atoms with Gasteiger partial charge in [0.25, 0.3) is 0 Å². The lowest BCUT2D eigenvalue weighted by molar-refractivity contribution is 0.410. The fourth-order valence-electron chi connectivity index (χ4n) is 3.92. The van der Waals surface area contributed by atoms with Crippen molar-refractivity contribution in [3.8, 4) is 5.75 Å². The summed E-state index contributed by atoms with van der Waals surface area (Å²) in [7, 11) is -0.905. The number of benzene rings is 1. The normalized spacial score (nSPS) is 19.4. The Bertz CT molecular complexity index is 1230. The Balaban J connectivity index is 1.66. The van der Waals surface area contributed by atoms with Crippen LogP contribution in [0.3, 0.4) is 0 Å². The van der Waals surface area contributed by atoms with E-state index in [9.17, 15) is 13.5 Å². The molecule has 0 amide bonds. The molecule has 1 fully saturated rings. The highest BCUT2D eigenvalue weighted by molar-refractivity contribution is 7.89. The van der Waals surface area contributed by atoms with Crippen LogP contribution in [0.15, 0.2) is 35.5 Å². The Morgan fingerprint density at radius 3 is 2.59 bits per heavy atom. The number of sulfonamides is 1. The molecule has 1 aromatic carbocycles. The number of rotatable bonds is 6. The van der Waals surface area contributed by atoms with Crippen molar-refractivity contribution < 1.29 is 13.5 Å². The molecular formula is C21H29N7O3S. The van der Waals surface area contributed by atoms with Crippen molar-refractivity contribution in [2.45, 2.75) is 49.6 Å². The van der Waals surface area contributed by atoms with Gasteiger partial charge in [0, 0.05) is 55.9 Å². The number of phenols is 1. The van der Waals surface area contributed by atoms with Gasteiger partial charge in [-0.05, 0) is 44.7 Å². The number of nitrogens with zero attached hydrogens (tertiary/aromatic N) is 4. The van der Waals surface area contributed by atoms with Crippen LogP contribution in [0.2, 0.25) is 0 Å². The van der Waals surface area contributed by atoms with Gasteiger partial charge in [-0.1, -0.05) is 0 Å². The molecule has 5 N–H and O–H groups in total. The number of aromatic nitrogens is 3. The van der Waals surface area contributed by atoms with Crippen molar-refractivity contribution >= 4 is 32.9 Å². The molecule has 1 saturated carbocycles. The summed E-state index contributed by atoms with van der Waals surface area (Å²) in [6, 6.07) is 4.96. The summed E-state index contributed by atoms with van der Waals surface area (Å²) in [5.41, 5.74) is 8.80. The van der Waals surface area contributed by atoms with E-state index in [0.29, 0.717) is 17.4 Å². The molecular weight excluding hydrogens is 430 g/mol. The molecule has 11 heteroatoms. The molecule has 2 aromatic heterocycles. The largest absolute Gasteiger partial charge is 0.506 e. The summed E-state index contributed by atoms with van der Waals surface area (Å²) >= 11 is 0. The van der Waals surface area contributed by atoms with E-state index in [1.54, 1.807) is 23.0 Å². The molecule has 1 aliphatic rings. The average Bonchev–Trinajstić information content (AvgIpc) is 3.20. The van der Waals surface area contributed by atoms with Crippen molar-refractivity contribution in [2.24, 2.45) is 5.73 Å². The second kappa shape index (κ2) is 8.57. The Morgan fingerprint density at radius 1 is 1.22 bits per heavy atom. The highest BCUT2D eigenvalue weighted by atomic mass is 32.2. The van der Waals surface area contributed by atoms with Gasteiger partial charge in [-0.2, -0.15) is 0 Å². The summed E-state index contributed by atoms with van der Waals surface area (Å²) in [4.78, 5) is 4.25. The van der Waals surface area contributed by atoms with Crippen molar-refractivity contribution in [1.29, 1.82) is 0 Å². The van der Waals surface area contributed by atoms with E-state index >= 15 is 0 Å². The third-order valence-corrected chi connectivity index (χ3v) is 7.75. The van der Waals surface area contributed by atoms with Gasteiger partial charge in [0.2, 0.25) is 10.0 Å². The van der Waals surface area contributed by atoms with Crippen LogP contribution in [0.25, 0.3) is 5.65 Å². The monoisotopic (exact) mass is 459 g/mol. The zero-order valence-electron chi connectivity index (χ0n) is 18.4. The molecule has 172 valence electrons. The van der Waals surface area contributed by atoms with Gasteiger partial charge < -0.3 is 21.5 Å². The van der Waals surface area contributed by atoms with Gasteiger partial charge in [-0.3, -0.25) is 0 Å². The number of hydrogen-bond donors (Lipinski definition) is 4. The van der Waals surface area contributed by atoms with E-state index in [4.69, 9.17) is 5.73 Å². The molecule has 0 radical (unpaired) electrons. The standard InChI is InChI=1S/C21H29N7O3S/c1-13-19(24-16-8-9-18(17(29)12-16)32(30,31)27(2)3)21-23-10-11-28(21)26-20(13)25-15-6-4-14(22)5-7-15/h8-12,14-15,24,29H,4-7,22H2,1-3H3,(H,25,26)/t14-,15-. The van der Waals surface area contributed by atoms with Crippen LogP contribution in [0, 0.1) is 6.92 Å². The number of nitrogens with one attached hydrogen (secondary N) is 2. The van der Waals surface area contributed by atoms with E-state index in [-0.39, 0.29) is 16.7 Å². The van der Waals surface area contributed by atoms with Gasteiger partial charge in [0.15, 0.2) is 11.5 Å². The van der Waals surface area contributed by atoms with E-state index < -0.39 is 10.0 Å². The highest BCUT2D eigenvalue weighted by Crippen LogP contribution is 2.33. The lowest BCUT2D eigenvalue weighted by Gasteiger charge is -2.28. The smallest absolute Gasteiger partial charge is 0.246 e. The molecule has 0 spiro atoms. The van der Waals surface area contributed by atoms with Gasteiger partial charge >= 0.3 is 0 Å². The summed E-state index contributed by atoms with van der Waals surface area (Å²) in [6.07, 6.45) is 7.38. The highest BCUT2D eigenvalue weighted by Gasteiger charge is 2.23. The summed E-state index contributed by atoms with van der Waals surface area (Å²) in [5, 5.41) is 21.9. The number of fused-ring (bicyclic) bond motifs is 1. The topological polar surface area (TPSA) is 138 Å². The summed E-state index contributed by atoms with van der Waals surface area (Å²) < 4.78 is 27.5. The number of imidazole rings is 1. The van der Waals surface area contributed by atoms with Gasteiger partial charge in [0.05, 0.1) is 5.69 Å².